The van der Waals surface area contributed by atoms with E-state index in [2.05, 4.69) is 5.32 Å². The summed E-state index contributed by atoms with van der Waals surface area (Å²) in [6.07, 6.45) is 7.40. The Labute approximate surface area is 244 Å². The zero-order valence-corrected chi connectivity index (χ0v) is 24.9. The van der Waals surface area contributed by atoms with E-state index in [0.717, 1.165) is 59.4 Å². The van der Waals surface area contributed by atoms with Crippen molar-refractivity contribution < 1.29 is 18.0 Å². The van der Waals surface area contributed by atoms with Crippen LogP contribution in [-0.2, 0) is 39.0 Å². The number of amides is 2. The molecule has 1 aliphatic rings. The van der Waals surface area contributed by atoms with Crippen molar-refractivity contribution in [2.75, 3.05) is 17.1 Å². The van der Waals surface area contributed by atoms with Crippen LogP contribution in [-0.4, -0.2) is 50.0 Å². The summed E-state index contributed by atoms with van der Waals surface area (Å²) in [7, 11) is -3.78. The van der Waals surface area contributed by atoms with Crippen molar-refractivity contribution in [2.24, 2.45) is 0 Å². The lowest BCUT2D eigenvalue weighted by Gasteiger charge is -2.35. The highest BCUT2D eigenvalue weighted by Gasteiger charge is 2.34. The molecule has 0 radical (unpaired) electrons. The van der Waals surface area contributed by atoms with Crippen LogP contribution in [0.15, 0.2) is 84.9 Å². The second kappa shape index (κ2) is 14.3. The molecule has 1 unspecified atom stereocenters. The molecule has 0 aliphatic heterocycles. The van der Waals surface area contributed by atoms with E-state index < -0.39 is 28.5 Å². The Morgan fingerprint density at radius 3 is 1.98 bits per heavy atom. The molecule has 1 fully saturated rings. The van der Waals surface area contributed by atoms with Crippen molar-refractivity contribution in [1.29, 1.82) is 0 Å². The van der Waals surface area contributed by atoms with Gasteiger partial charge in [0.05, 0.1) is 11.9 Å². The number of anilines is 1. The lowest BCUT2D eigenvalue weighted by Crippen LogP contribution is -2.55. The van der Waals surface area contributed by atoms with Crippen molar-refractivity contribution in [3.63, 3.8) is 0 Å². The van der Waals surface area contributed by atoms with Gasteiger partial charge in [-0.15, -0.1) is 0 Å². The van der Waals surface area contributed by atoms with E-state index in [9.17, 15) is 18.0 Å². The topological polar surface area (TPSA) is 86.8 Å². The molecule has 4 rings (SSSR count). The fraction of sp³-hybridized carbons (Fsp3) is 0.394. The Balaban J connectivity index is 1.69. The fourth-order valence-corrected chi connectivity index (χ4v) is 6.24. The van der Waals surface area contributed by atoms with Gasteiger partial charge in [-0.2, -0.15) is 0 Å². The third-order valence-electron chi connectivity index (χ3n) is 7.73. The Morgan fingerprint density at radius 1 is 0.829 bits per heavy atom. The van der Waals surface area contributed by atoms with Gasteiger partial charge in [-0.1, -0.05) is 99.0 Å². The monoisotopic (exact) mass is 575 g/mol. The van der Waals surface area contributed by atoms with Gasteiger partial charge in [0, 0.05) is 19.0 Å². The van der Waals surface area contributed by atoms with Gasteiger partial charge in [-0.25, -0.2) is 8.42 Å². The molecule has 0 aromatic heterocycles. The molecule has 0 saturated heterocycles. The number of hydrogen-bond acceptors (Lipinski definition) is 4. The van der Waals surface area contributed by atoms with E-state index in [-0.39, 0.29) is 18.5 Å². The van der Waals surface area contributed by atoms with Gasteiger partial charge in [0.2, 0.25) is 21.8 Å². The number of rotatable bonds is 12. The first-order valence-electron chi connectivity index (χ1n) is 14.5. The molecule has 1 saturated carbocycles. The van der Waals surface area contributed by atoms with Crippen LogP contribution in [0.3, 0.4) is 0 Å². The average molecular weight is 576 g/mol. The molecular weight excluding hydrogens is 534 g/mol. The number of sulfonamides is 1. The van der Waals surface area contributed by atoms with E-state index in [1.54, 1.807) is 17.0 Å². The third kappa shape index (κ3) is 8.67. The van der Waals surface area contributed by atoms with Gasteiger partial charge in [-0.3, -0.25) is 13.9 Å². The number of aryl methyl sites for hydroxylation is 1. The molecule has 7 nitrogen and oxygen atoms in total. The molecule has 1 atom stereocenters. The predicted octanol–water partition coefficient (Wildman–Crippen LogP) is 5.10. The maximum atomic E-state index is 14.2. The van der Waals surface area contributed by atoms with Gasteiger partial charge in [0.15, 0.2) is 0 Å². The van der Waals surface area contributed by atoms with E-state index in [1.807, 2.05) is 79.7 Å². The normalized spacial score (nSPS) is 14.7. The van der Waals surface area contributed by atoms with Crippen LogP contribution in [0, 0.1) is 0 Å². The Kier molecular flexibility index (Phi) is 10.6. The van der Waals surface area contributed by atoms with Crippen molar-refractivity contribution in [3.05, 3.63) is 102 Å². The molecule has 218 valence electrons. The van der Waals surface area contributed by atoms with Gasteiger partial charge in [-0.05, 0) is 48.1 Å². The van der Waals surface area contributed by atoms with Crippen LogP contribution in [0.25, 0.3) is 0 Å². The van der Waals surface area contributed by atoms with Gasteiger partial charge in [0.25, 0.3) is 0 Å². The highest BCUT2D eigenvalue weighted by molar-refractivity contribution is 7.92. The first-order valence-corrected chi connectivity index (χ1v) is 16.3. The number of nitrogens with one attached hydrogen (secondary N) is 1. The molecule has 0 heterocycles. The van der Waals surface area contributed by atoms with Crippen LogP contribution >= 0.6 is 0 Å². The summed E-state index contributed by atoms with van der Waals surface area (Å²) in [6, 6.07) is 25.6. The van der Waals surface area contributed by atoms with Crippen molar-refractivity contribution >= 4 is 27.5 Å². The zero-order valence-electron chi connectivity index (χ0n) is 24.0. The van der Waals surface area contributed by atoms with Gasteiger partial charge < -0.3 is 10.2 Å². The number of hydrogen-bond donors (Lipinski definition) is 1. The SMILES string of the molecule is CCc1ccc(N(CC(=O)N(Cc2ccccc2)C(Cc2ccccc2)C(=O)NC2CCCCC2)S(C)(=O)=O)cc1. The fourth-order valence-electron chi connectivity index (χ4n) is 5.39. The standard InChI is InChI=1S/C33H41N3O4S/c1-3-26-19-21-30(22-20-26)36(41(2,39)40)25-32(37)35(24-28-15-9-5-10-16-28)31(23-27-13-7-4-8-14-27)33(38)34-29-17-11-6-12-18-29/h4-5,7-10,13-16,19-22,29,31H,3,6,11-12,17-18,23-25H2,1-2H3,(H,34,38). The highest BCUT2D eigenvalue weighted by Crippen LogP contribution is 2.22. The Hall–Kier alpha value is -3.65. The van der Waals surface area contributed by atoms with Crippen LogP contribution in [0.2, 0.25) is 0 Å². The summed E-state index contributed by atoms with van der Waals surface area (Å²) in [4.78, 5) is 29.7. The number of carbonyl (C=O) groups excluding carboxylic acids is 2. The quantitative estimate of drug-likeness (QED) is 0.325. The summed E-state index contributed by atoms with van der Waals surface area (Å²) in [5, 5.41) is 3.22. The number of nitrogens with zero attached hydrogens (tertiary/aromatic N) is 2. The third-order valence-corrected chi connectivity index (χ3v) is 8.87. The number of carbonyl (C=O) groups is 2. The highest BCUT2D eigenvalue weighted by atomic mass is 32.2. The molecule has 1 N–H and O–H groups in total. The van der Waals surface area contributed by atoms with Crippen LogP contribution < -0.4 is 9.62 Å². The molecule has 2 amide bonds. The lowest BCUT2D eigenvalue weighted by atomic mass is 9.94. The van der Waals surface area contributed by atoms with Gasteiger partial charge >= 0.3 is 0 Å². The van der Waals surface area contributed by atoms with Crippen LogP contribution in [0.1, 0.15) is 55.7 Å². The minimum atomic E-state index is -3.78. The van der Waals surface area contributed by atoms with Crippen molar-refractivity contribution in [1.82, 2.24) is 10.2 Å². The molecular formula is C33H41N3O4S. The van der Waals surface area contributed by atoms with E-state index >= 15 is 0 Å². The second-order valence-corrected chi connectivity index (χ2v) is 12.8. The predicted molar refractivity (Wildman–Crippen MR) is 164 cm³/mol. The smallest absolute Gasteiger partial charge is 0.244 e. The molecule has 0 bridgehead atoms. The minimum absolute atomic E-state index is 0.0767. The zero-order chi connectivity index (χ0) is 29.2. The van der Waals surface area contributed by atoms with E-state index in [4.69, 9.17) is 0 Å². The Bertz CT molecular complexity index is 1370. The summed E-state index contributed by atoms with van der Waals surface area (Å²) in [6.45, 7) is 1.81. The first-order chi connectivity index (χ1) is 19.7. The molecule has 3 aromatic rings. The summed E-state index contributed by atoms with van der Waals surface area (Å²) in [5.74, 6) is -0.637. The summed E-state index contributed by atoms with van der Waals surface area (Å²) in [5.41, 5.74) is 3.28. The second-order valence-electron chi connectivity index (χ2n) is 10.8. The summed E-state index contributed by atoms with van der Waals surface area (Å²) >= 11 is 0. The van der Waals surface area contributed by atoms with Crippen LogP contribution in [0.4, 0.5) is 5.69 Å². The average Bonchev–Trinajstić information content (AvgIpc) is 2.98. The summed E-state index contributed by atoms with van der Waals surface area (Å²) < 4.78 is 27.0. The molecule has 0 spiro atoms. The minimum Gasteiger partial charge on any atom is -0.352 e. The van der Waals surface area contributed by atoms with E-state index in [1.165, 1.54) is 6.42 Å². The molecule has 8 heteroatoms. The van der Waals surface area contributed by atoms with E-state index in [0.29, 0.717) is 12.1 Å². The molecule has 3 aromatic carbocycles. The van der Waals surface area contributed by atoms with Crippen LogP contribution in [0.5, 0.6) is 0 Å². The largest absolute Gasteiger partial charge is 0.352 e. The molecule has 1 aliphatic carbocycles. The number of benzene rings is 3. The maximum Gasteiger partial charge on any atom is 0.244 e. The van der Waals surface area contributed by atoms with Crippen molar-refractivity contribution in [3.8, 4) is 0 Å². The van der Waals surface area contributed by atoms with Crippen molar-refractivity contribution in [2.45, 2.75) is 70.5 Å². The Morgan fingerprint density at radius 2 is 1.41 bits per heavy atom. The van der Waals surface area contributed by atoms with Gasteiger partial charge in [0.1, 0.15) is 12.6 Å². The first kappa shape index (κ1) is 30.3. The molecule has 41 heavy (non-hydrogen) atoms. The lowest BCUT2D eigenvalue weighted by molar-refractivity contribution is -0.140. The maximum absolute atomic E-state index is 14.2.